The molecule has 0 fully saturated rings. The molecule has 2 nitrogen and oxygen atoms in total. The van der Waals surface area contributed by atoms with Gasteiger partial charge in [-0.1, -0.05) is 6.92 Å². The summed E-state index contributed by atoms with van der Waals surface area (Å²) in [7, 11) is 0. The van der Waals surface area contributed by atoms with E-state index in [-0.39, 0.29) is 5.82 Å². The molecule has 0 radical (unpaired) electrons. The Balaban J connectivity index is 2.33. The van der Waals surface area contributed by atoms with Crippen molar-refractivity contribution in [3.8, 4) is 11.3 Å². The van der Waals surface area contributed by atoms with Gasteiger partial charge in [-0.25, -0.2) is 4.39 Å². The zero-order valence-electron chi connectivity index (χ0n) is 9.28. The molecule has 0 aliphatic rings. The molecule has 90 valence electrons. The summed E-state index contributed by atoms with van der Waals surface area (Å²) in [6, 6.07) is 8.22. The molecule has 17 heavy (non-hydrogen) atoms. The molecule has 1 aromatic carbocycles. The molecule has 1 atom stereocenters. The molecule has 0 saturated heterocycles. The van der Waals surface area contributed by atoms with E-state index in [9.17, 15) is 9.50 Å². The predicted molar refractivity (Wildman–Crippen MR) is 67.1 cm³/mol. The fourth-order valence-corrected chi connectivity index (χ4v) is 1.78. The molecule has 2 aromatic rings. The highest BCUT2D eigenvalue weighted by Crippen LogP contribution is 2.28. The summed E-state index contributed by atoms with van der Waals surface area (Å²) in [5, 5.41) is 9.61. The first kappa shape index (κ1) is 12.3. The summed E-state index contributed by atoms with van der Waals surface area (Å²) in [4.78, 5) is 0. The zero-order chi connectivity index (χ0) is 12.4. The molecule has 1 unspecified atom stereocenters. The smallest absolute Gasteiger partial charge is 0.138 e. The second kappa shape index (κ2) is 5.02. The van der Waals surface area contributed by atoms with E-state index in [1.54, 1.807) is 24.3 Å². The first-order chi connectivity index (χ1) is 8.11. The summed E-state index contributed by atoms with van der Waals surface area (Å²) >= 11 is 3.10. The Kier molecular flexibility index (Phi) is 3.64. The van der Waals surface area contributed by atoms with Gasteiger partial charge in [0.2, 0.25) is 0 Å². The van der Waals surface area contributed by atoms with Gasteiger partial charge in [-0.05, 0) is 52.7 Å². The Hall–Kier alpha value is -1.13. The number of aliphatic hydroxyl groups is 1. The normalized spacial score (nSPS) is 12.7. The molecule has 0 spiro atoms. The van der Waals surface area contributed by atoms with Crippen LogP contribution >= 0.6 is 15.9 Å². The first-order valence-electron chi connectivity index (χ1n) is 5.35. The van der Waals surface area contributed by atoms with Crippen LogP contribution in [0.2, 0.25) is 0 Å². The largest absolute Gasteiger partial charge is 0.458 e. The average Bonchev–Trinajstić information content (AvgIpc) is 2.81. The van der Waals surface area contributed by atoms with Crippen LogP contribution in [-0.4, -0.2) is 5.11 Å². The Labute approximate surface area is 107 Å². The third-order valence-electron chi connectivity index (χ3n) is 2.55. The third kappa shape index (κ3) is 2.58. The summed E-state index contributed by atoms with van der Waals surface area (Å²) in [5.74, 6) is 0.723. The van der Waals surface area contributed by atoms with Gasteiger partial charge in [0.25, 0.3) is 0 Å². The fourth-order valence-electron chi connectivity index (χ4n) is 1.54. The Morgan fingerprint density at radius 2 is 2.12 bits per heavy atom. The van der Waals surface area contributed by atoms with E-state index in [1.807, 2.05) is 6.92 Å². The topological polar surface area (TPSA) is 33.4 Å². The van der Waals surface area contributed by atoms with Crippen molar-refractivity contribution in [2.75, 3.05) is 0 Å². The number of rotatable bonds is 3. The van der Waals surface area contributed by atoms with Crippen LogP contribution in [-0.2, 0) is 0 Å². The van der Waals surface area contributed by atoms with Crippen LogP contribution in [0.4, 0.5) is 4.39 Å². The maximum atomic E-state index is 13.4. The highest BCUT2D eigenvalue weighted by Gasteiger charge is 2.12. The number of hydrogen-bond acceptors (Lipinski definition) is 2. The van der Waals surface area contributed by atoms with Crippen molar-refractivity contribution in [1.82, 2.24) is 0 Å². The van der Waals surface area contributed by atoms with Crippen molar-refractivity contribution >= 4 is 15.9 Å². The van der Waals surface area contributed by atoms with E-state index in [1.165, 1.54) is 6.07 Å². The monoisotopic (exact) mass is 298 g/mol. The molecule has 1 N–H and O–H groups in total. The van der Waals surface area contributed by atoms with Gasteiger partial charge in [0.15, 0.2) is 0 Å². The summed E-state index contributed by atoms with van der Waals surface area (Å²) in [6.45, 7) is 1.87. The zero-order valence-corrected chi connectivity index (χ0v) is 10.9. The molecular weight excluding hydrogens is 287 g/mol. The van der Waals surface area contributed by atoms with Crippen LogP contribution in [0.25, 0.3) is 11.3 Å². The van der Waals surface area contributed by atoms with Crippen LogP contribution in [0.15, 0.2) is 39.2 Å². The molecule has 2 rings (SSSR count). The molecule has 1 aromatic heterocycles. The van der Waals surface area contributed by atoms with Crippen LogP contribution in [0.1, 0.15) is 25.2 Å². The molecule has 0 aliphatic heterocycles. The third-order valence-corrected chi connectivity index (χ3v) is 3.19. The van der Waals surface area contributed by atoms with E-state index in [0.29, 0.717) is 28.0 Å². The molecule has 1 heterocycles. The molecule has 0 amide bonds. The maximum absolute atomic E-state index is 13.4. The number of halogens is 2. The van der Waals surface area contributed by atoms with Crippen LogP contribution in [0.5, 0.6) is 0 Å². The quantitative estimate of drug-likeness (QED) is 0.917. The highest BCUT2D eigenvalue weighted by molar-refractivity contribution is 9.10. The van der Waals surface area contributed by atoms with Gasteiger partial charge < -0.3 is 9.52 Å². The van der Waals surface area contributed by atoms with Gasteiger partial charge in [0, 0.05) is 5.56 Å². The lowest BCUT2D eigenvalue weighted by molar-refractivity contribution is 0.147. The number of furan rings is 1. The van der Waals surface area contributed by atoms with Gasteiger partial charge in [-0.3, -0.25) is 0 Å². The van der Waals surface area contributed by atoms with Crippen LogP contribution in [0.3, 0.4) is 0 Å². The lowest BCUT2D eigenvalue weighted by Gasteiger charge is -2.03. The van der Waals surface area contributed by atoms with Crippen molar-refractivity contribution in [3.05, 3.63) is 46.4 Å². The van der Waals surface area contributed by atoms with Crippen molar-refractivity contribution in [2.24, 2.45) is 0 Å². The minimum absolute atomic E-state index is 0.337. The summed E-state index contributed by atoms with van der Waals surface area (Å²) in [6.07, 6.45) is -0.0224. The summed E-state index contributed by atoms with van der Waals surface area (Å²) < 4.78 is 19.3. The predicted octanol–water partition coefficient (Wildman–Crippen LogP) is 4.29. The lowest BCUT2D eigenvalue weighted by Crippen LogP contribution is -1.91. The van der Waals surface area contributed by atoms with E-state index in [0.717, 1.165) is 0 Å². The first-order valence-corrected chi connectivity index (χ1v) is 6.14. The second-order valence-corrected chi connectivity index (χ2v) is 4.61. The summed E-state index contributed by atoms with van der Waals surface area (Å²) in [5.41, 5.74) is 0.653. The highest BCUT2D eigenvalue weighted by atomic mass is 79.9. The number of benzene rings is 1. The minimum Gasteiger partial charge on any atom is -0.458 e. The fraction of sp³-hybridized carbons (Fsp3) is 0.231. The van der Waals surface area contributed by atoms with Crippen molar-refractivity contribution < 1.29 is 13.9 Å². The minimum atomic E-state index is -0.607. The number of hydrogen-bond donors (Lipinski definition) is 1. The Morgan fingerprint density at radius 1 is 1.35 bits per heavy atom. The molecule has 0 saturated carbocycles. The average molecular weight is 299 g/mol. The van der Waals surface area contributed by atoms with E-state index < -0.39 is 6.10 Å². The van der Waals surface area contributed by atoms with Crippen LogP contribution < -0.4 is 0 Å². The second-order valence-electron chi connectivity index (χ2n) is 3.75. The van der Waals surface area contributed by atoms with E-state index in [2.05, 4.69) is 15.9 Å². The standard InChI is InChI=1S/C13H12BrFO2/c1-2-11(16)13-6-5-12(17-13)8-3-4-9(14)10(15)7-8/h3-7,11,16H,2H2,1H3. The van der Waals surface area contributed by atoms with Gasteiger partial charge in [0.1, 0.15) is 23.4 Å². The SMILES string of the molecule is CCC(O)c1ccc(-c2ccc(Br)c(F)c2)o1. The van der Waals surface area contributed by atoms with Crippen molar-refractivity contribution in [1.29, 1.82) is 0 Å². The van der Waals surface area contributed by atoms with Crippen molar-refractivity contribution in [2.45, 2.75) is 19.4 Å². The van der Waals surface area contributed by atoms with Gasteiger partial charge in [-0.2, -0.15) is 0 Å². The lowest BCUT2D eigenvalue weighted by atomic mass is 10.2. The van der Waals surface area contributed by atoms with Crippen LogP contribution in [0, 0.1) is 5.82 Å². The Morgan fingerprint density at radius 3 is 2.76 bits per heavy atom. The maximum Gasteiger partial charge on any atom is 0.138 e. The van der Waals surface area contributed by atoms with Crippen molar-refractivity contribution in [3.63, 3.8) is 0 Å². The number of aliphatic hydroxyl groups excluding tert-OH is 1. The van der Waals surface area contributed by atoms with E-state index in [4.69, 9.17) is 4.42 Å². The van der Waals surface area contributed by atoms with Gasteiger partial charge >= 0.3 is 0 Å². The Bertz CT molecular complexity index is 522. The van der Waals surface area contributed by atoms with Gasteiger partial charge in [0.05, 0.1) is 4.47 Å². The molecule has 0 aliphatic carbocycles. The van der Waals surface area contributed by atoms with E-state index >= 15 is 0 Å². The molecule has 0 bridgehead atoms. The molecular formula is C13H12BrFO2. The van der Waals surface area contributed by atoms with Gasteiger partial charge in [-0.15, -0.1) is 0 Å². The molecule has 4 heteroatoms.